The van der Waals surface area contributed by atoms with Crippen LogP contribution in [0.3, 0.4) is 0 Å². The summed E-state index contributed by atoms with van der Waals surface area (Å²) >= 11 is 0. The van der Waals surface area contributed by atoms with Crippen molar-refractivity contribution in [2.45, 2.75) is 32.9 Å². The summed E-state index contributed by atoms with van der Waals surface area (Å²) in [7, 11) is 4.72. The number of carbonyl (C=O) groups is 3. The number of hydrogen-bond acceptors (Lipinski definition) is 7. The number of likely N-dealkylation sites (N-methyl/N-ethyl adjacent to an activating group) is 1. The molecule has 0 spiro atoms. The fraction of sp³-hybridized carbons (Fsp3) is 0.560. The van der Waals surface area contributed by atoms with Crippen LogP contribution < -0.4 is 20.1 Å². The highest BCUT2D eigenvalue weighted by Gasteiger charge is 2.38. The van der Waals surface area contributed by atoms with E-state index in [4.69, 9.17) is 14.2 Å². The second-order valence-electron chi connectivity index (χ2n) is 9.00. The molecule has 0 aromatic heterocycles. The molecule has 1 aromatic rings. The number of piperazine rings is 1. The van der Waals surface area contributed by atoms with Crippen LogP contribution in [0.1, 0.15) is 32.4 Å². The van der Waals surface area contributed by atoms with Gasteiger partial charge in [0.1, 0.15) is 0 Å². The number of ether oxygens (including phenoxy) is 3. The predicted octanol–water partition coefficient (Wildman–Crippen LogP) is 1.95. The van der Waals surface area contributed by atoms with Gasteiger partial charge in [-0.2, -0.15) is 0 Å². The first-order chi connectivity index (χ1) is 17.2. The second kappa shape index (κ2) is 12.0. The van der Waals surface area contributed by atoms with Crippen molar-refractivity contribution in [3.8, 4) is 11.5 Å². The van der Waals surface area contributed by atoms with Crippen LogP contribution in [0.4, 0.5) is 9.59 Å². The molecule has 1 atom stereocenters. The molecule has 3 rings (SSSR count). The molecule has 1 fully saturated rings. The zero-order chi connectivity index (χ0) is 26.4. The van der Waals surface area contributed by atoms with Gasteiger partial charge in [-0.1, -0.05) is 6.07 Å². The van der Waals surface area contributed by atoms with Crippen LogP contribution in [0.25, 0.3) is 0 Å². The van der Waals surface area contributed by atoms with E-state index < -0.39 is 12.0 Å². The summed E-state index contributed by atoms with van der Waals surface area (Å²) in [6.45, 7) is 8.49. The lowest BCUT2D eigenvalue weighted by Crippen LogP contribution is -2.55. The monoisotopic (exact) mass is 503 g/mol. The van der Waals surface area contributed by atoms with Crippen molar-refractivity contribution in [1.82, 2.24) is 25.3 Å². The number of carbonyl (C=O) groups excluding carboxylic acids is 3. The molecule has 4 amide bonds. The van der Waals surface area contributed by atoms with E-state index >= 15 is 0 Å². The Hall–Kier alpha value is -3.47. The summed E-state index contributed by atoms with van der Waals surface area (Å²) in [6, 6.07) is 4.21. The Morgan fingerprint density at radius 3 is 2.36 bits per heavy atom. The number of methoxy groups -OCH3 is 2. The number of nitrogens with one attached hydrogen (secondary N) is 2. The summed E-state index contributed by atoms with van der Waals surface area (Å²) in [5.41, 5.74) is 1.60. The van der Waals surface area contributed by atoms with E-state index in [0.29, 0.717) is 61.1 Å². The molecular weight excluding hydrogens is 466 g/mol. The van der Waals surface area contributed by atoms with Crippen molar-refractivity contribution in [2.24, 2.45) is 0 Å². The van der Waals surface area contributed by atoms with Crippen molar-refractivity contribution < 1.29 is 28.6 Å². The zero-order valence-corrected chi connectivity index (χ0v) is 21.9. The normalized spacial score (nSPS) is 18.8. The highest BCUT2D eigenvalue weighted by atomic mass is 16.5. The van der Waals surface area contributed by atoms with Crippen molar-refractivity contribution in [3.63, 3.8) is 0 Å². The topological polar surface area (TPSA) is 113 Å². The first-order valence-electron chi connectivity index (χ1n) is 12.1. The van der Waals surface area contributed by atoms with E-state index in [1.54, 1.807) is 44.2 Å². The maximum atomic E-state index is 13.2. The highest BCUT2D eigenvalue weighted by molar-refractivity contribution is 5.95. The Bertz CT molecular complexity index is 1000. The van der Waals surface area contributed by atoms with Crippen LogP contribution in [0.5, 0.6) is 11.5 Å². The average molecular weight is 504 g/mol. The van der Waals surface area contributed by atoms with Crippen LogP contribution in [0, 0.1) is 0 Å². The van der Waals surface area contributed by atoms with Gasteiger partial charge in [0.25, 0.3) is 0 Å². The molecule has 11 nitrogen and oxygen atoms in total. The zero-order valence-electron chi connectivity index (χ0n) is 21.9. The van der Waals surface area contributed by atoms with E-state index in [-0.39, 0.29) is 24.7 Å². The van der Waals surface area contributed by atoms with Crippen molar-refractivity contribution in [2.75, 3.05) is 60.6 Å². The third-order valence-electron chi connectivity index (χ3n) is 6.26. The first-order valence-corrected chi connectivity index (χ1v) is 12.1. The van der Waals surface area contributed by atoms with Crippen molar-refractivity contribution in [3.05, 3.63) is 35.0 Å². The first kappa shape index (κ1) is 27.1. The van der Waals surface area contributed by atoms with Gasteiger partial charge < -0.3 is 29.7 Å². The Labute approximate surface area is 212 Å². The van der Waals surface area contributed by atoms with E-state index in [9.17, 15) is 14.4 Å². The molecule has 2 aliphatic heterocycles. The highest BCUT2D eigenvalue weighted by Crippen LogP contribution is 2.36. The standard InChI is InChI=1S/C25H37N5O6/c1-7-36-23(31)21-18(15-29-10-12-30(13-11-29)25(33)26-16(2)3)28(4)24(32)27-22(21)17-8-9-19(34-5)20(14-17)35-6/h8-9,14,16,22H,7,10-13,15H2,1-6H3,(H,26,33)(H,27,32)/t22-/m1/s1. The van der Waals surface area contributed by atoms with E-state index in [1.165, 1.54) is 12.0 Å². The van der Waals surface area contributed by atoms with Crippen LogP contribution in [0.15, 0.2) is 29.5 Å². The Balaban J connectivity index is 1.92. The lowest BCUT2D eigenvalue weighted by molar-refractivity contribution is -0.139. The molecule has 1 saturated heterocycles. The molecule has 2 aliphatic rings. The third kappa shape index (κ3) is 6.01. The van der Waals surface area contributed by atoms with Crippen LogP contribution in [-0.4, -0.2) is 99.4 Å². The Morgan fingerprint density at radius 1 is 1.11 bits per heavy atom. The quantitative estimate of drug-likeness (QED) is 0.522. The number of rotatable bonds is 8. The SMILES string of the molecule is CCOC(=O)C1=C(CN2CCN(C(=O)NC(C)C)CC2)N(C)C(=O)N[C@@H]1c1ccc(OC)c(OC)c1. The molecule has 36 heavy (non-hydrogen) atoms. The van der Waals surface area contributed by atoms with Gasteiger partial charge in [0.2, 0.25) is 0 Å². The number of nitrogens with zero attached hydrogens (tertiary/aromatic N) is 3. The van der Waals surface area contributed by atoms with Gasteiger partial charge >= 0.3 is 18.0 Å². The number of amides is 4. The molecule has 0 bridgehead atoms. The van der Waals surface area contributed by atoms with Crippen molar-refractivity contribution >= 4 is 18.0 Å². The van der Waals surface area contributed by atoms with Crippen LogP contribution >= 0.6 is 0 Å². The minimum absolute atomic E-state index is 0.0655. The molecule has 11 heteroatoms. The molecule has 0 radical (unpaired) electrons. The molecule has 1 aromatic carbocycles. The summed E-state index contributed by atoms with van der Waals surface area (Å²) in [5, 5.41) is 5.84. The number of esters is 1. The summed E-state index contributed by atoms with van der Waals surface area (Å²) in [6.07, 6.45) is 0. The molecule has 198 valence electrons. The van der Waals surface area contributed by atoms with Gasteiger partial charge in [-0.05, 0) is 38.5 Å². The molecule has 2 N–H and O–H groups in total. The fourth-order valence-electron chi connectivity index (χ4n) is 4.34. The summed E-state index contributed by atoms with van der Waals surface area (Å²) in [4.78, 5) is 43.9. The Kier molecular flexibility index (Phi) is 9.03. The smallest absolute Gasteiger partial charge is 0.338 e. The number of hydrogen-bond donors (Lipinski definition) is 2. The van der Waals surface area contributed by atoms with Gasteiger partial charge in [0.15, 0.2) is 11.5 Å². The molecule has 0 saturated carbocycles. The number of benzene rings is 1. The lowest BCUT2D eigenvalue weighted by atomic mass is 9.94. The van der Waals surface area contributed by atoms with E-state index in [1.807, 2.05) is 13.8 Å². The van der Waals surface area contributed by atoms with Gasteiger partial charge in [-0.15, -0.1) is 0 Å². The van der Waals surface area contributed by atoms with Gasteiger partial charge in [-0.3, -0.25) is 9.80 Å². The number of urea groups is 2. The molecule has 0 aliphatic carbocycles. The molecule has 2 heterocycles. The van der Waals surface area contributed by atoms with Gasteiger partial charge in [0, 0.05) is 51.5 Å². The van der Waals surface area contributed by atoms with Gasteiger partial charge in [-0.25, -0.2) is 14.4 Å². The van der Waals surface area contributed by atoms with E-state index in [2.05, 4.69) is 15.5 Å². The Morgan fingerprint density at radius 2 is 1.78 bits per heavy atom. The van der Waals surface area contributed by atoms with Crippen LogP contribution in [0.2, 0.25) is 0 Å². The average Bonchev–Trinajstić information content (AvgIpc) is 2.86. The lowest BCUT2D eigenvalue weighted by Gasteiger charge is -2.39. The van der Waals surface area contributed by atoms with Gasteiger partial charge in [0.05, 0.1) is 32.4 Å². The summed E-state index contributed by atoms with van der Waals surface area (Å²) < 4.78 is 16.2. The largest absolute Gasteiger partial charge is 0.493 e. The molecule has 0 unspecified atom stereocenters. The third-order valence-corrected chi connectivity index (χ3v) is 6.26. The maximum absolute atomic E-state index is 13.2. The minimum atomic E-state index is -0.722. The van der Waals surface area contributed by atoms with Crippen molar-refractivity contribution in [1.29, 1.82) is 0 Å². The predicted molar refractivity (Wildman–Crippen MR) is 134 cm³/mol. The minimum Gasteiger partial charge on any atom is -0.493 e. The second-order valence-corrected chi connectivity index (χ2v) is 9.00. The van der Waals surface area contributed by atoms with E-state index in [0.717, 1.165) is 0 Å². The fourth-order valence-corrected chi connectivity index (χ4v) is 4.34. The summed E-state index contributed by atoms with van der Waals surface area (Å²) in [5.74, 6) is 0.541. The van der Waals surface area contributed by atoms with Crippen LogP contribution in [-0.2, 0) is 9.53 Å². The maximum Gasteiger partial charge on any atom is 0.338 e. The molecular formula is C25H37N5O6.